The molecule has 0 fully saturated rings. The van der Waals surface area contributed by atoms with E-state index in [0.29, 0.717) is 0 Å². The largest absolute Gasteiger partial charge is 0.115 e. The lowest BCUT2D eigenvalue weighted by Crippen LogP contribution is -1.77. The van der Waals surface area contributed by atoms with Crippen molar-refractivity contribution >= 4 is 0 Å². The Balaban J connectivity index is 2.60. The lowest BCUT2D eigenvalue weighted by atomic mass is 10.1. The Morgan fingerprint density at radius 3 is 3.00 bits per heavy atom. The monoisotopic (exact) mass is 198 g/mol. The molecule has 0 N–H and O–H groups in total. The second-order valence-electron chi connectivity index (χ2n) is 3.76. The Labute approximate surface area is 93.5 Å². The molecule has 0 saturated carbocycles. The van der Waals surface area contributed by atoms with Gasteiger partial charge in [-0.3, -0.25) is 0 Å². The topological polar surface area (TPSA) is 0 Å². The van der Waals surface area contributed by atoms with Crippen molar-refractivity contribution in [2.75, 3.05) is 0 Å². The van der Waals surface area contributed by atoms with Crippen molar-refractivity contribution in [1.29, 1.82) is 0 Å². The summed E-state index contributed by atoms with van der Waals surface area (Å²) >= 11 is 0. The molecular weight excluding hydrogens is 180 g/mol. The quantitative estimate of drug-likeness (QED) is 0.477. The molecule has 0 unspecified atom stereocenters. The SMILES string of the molecule is C#C/C=C\C1=C(C#CCCCC)CCC1. The van der Waals surface area contributed by atoms with E-state index in [4.69, 9.17) is 6.42 Å². The fraction of sp³-hybridized carbons (Fsp3) is 0.467. The van der Waals surface area contributed by atoms with Gasteiger partial charge in [-0.2, -0.15) is 0 Å². The first-order valence-electron chi connectivity index (χ1n) is 5.72. The van der Waals surface area contributed by atoms with Crippen LogP contribution in [0.15, 0.2) is 23.3 Å². The number of allylic oxidation sites excluding steroid dienone is 4. The van der Waals surface area contributed by atoms with Crippen LogP contribution < -0.4 is 0 Å². The molecule has 0 aromatic heterocycles. The van der Waals surface area contributed by atoms with Crippen molar-refractivity contribution in [3.05, 3.63) is 23.3 Å². The molecule has 78 valence electrons. The van der Waals surface area contributed by atoms with Crippen LogP contribution in [0.2, 0.25) is 0 Å². The summed E-state index contributed by atoms with van der Waals surface area (Å²) in [5.74, 6) is 9.06. The summed E-state index contributed by atoms with van der Waals surface area (Å²) < 4.78 is 0. The Kier molecular flexibility index (Phi) is 5.42. The summed E-state index contributed by atoms with van der Waals surface area (Å²) in [6.07, 6.45) is 15.9. The maximum absolute atomic E-state index is 5.20. The van der Waals surface area contributed by atoms with Gasteiger partial charge in [-0.1, -0.05) is 31.1 Å². The maximum atomic E-state index is 5.20. The number of hydrogen-bond donors (Lipinski definition) is 0. The number of terminal acetylenes is 1. The second-order valence-corrected chi connectivity index (χ2v) is 3.76. The van der Waals surface area contributed by atoms with Gasteiger partial charge in [0.15, 0.2) is 0 Å². The minimum absolute atomic E-state index is 1.02. The summed E-state index contributed by atoms with van der Waals surface area (Å²) in [4.78, 5) is 0. The standard InChI is InChI=1S/C15H18/c1-3-5-7-8-11-15-13-9-12-14(15)10-6-4-2/h2,6,10H,3,5,7,9,12-13H2,1H3/b10-6-. The predicted octanol–water partition coefficient (Wildman–Crippen LogP) is 3.85. The van der Waals surface area contributed by atoms with Crippen LogP contribution in [0, 0.1) is 24.2 Å². The Bertz CT molecular complexity index is 350. The molecule has 0 saturated heterocycles. The Morgan fingerprint density at radius 1 is 1.40 bits per heavy atom. The highest BCUT2D eigenvalue weighted by Gasteiger charge is 2.09. The van der Waals surface area contributed by atoms with E-state index in [1.54, 1.807) is 6.08 Å². The van der Waals surface area contributed by atoms with E-state index in [0.717, 1.165) is 19.3 Å². The predicted molar refractivity (Wildman–Crippen MR) is 66.2 cm³/mol. The highest BCUT2D eigenvalue weighted by molar-refractivity contribution is 5.42. The first kappa shape index (κ1) is 11.7. The first-order valence-corrected chi connectivity index (χ1v) is 5.72. The molecule has 1 aliphatic carbocycles. The zero-order valence-electron chi connectivity index (χ0n) is 9.47. The molecule has 0 spiro atoms. The molecule has 0 amide bonds. The van der Waals surface area contributed by atoms with Crippen LogP contribution in [-0.4, -0.2) is 0 Å². The third-order valence-corrected chi connectivity index (χ3v) is 2.54. The molecule has 1 aliphatic rings. The van der Waals surface area contributed by atoms with Crippen LogP contribution in [0.25, 0.3) is 0 Å². The molecular formula is C15H18. The zero-order chi connectivity index (χ0) is 10.9. The van der Waals surface area contributed by atoms with E-state index in [-0.39, 0.29) is 0 Å². The molecule has 0 heteroatoms. The number of rotatable bonds is 3. The highest BCUT2D eigenvalue weighted by Crippen LogP contribution is 2.26. The smallest absolute Gasteiger partial charge is 0.00922 e. The van der Waals surface area contributed by atoms with Crippen LogP contribution >= 0.6 is 0 Å². The minimum atomic E-state index is 1.02. The van der Waals surface area contributed by atoms with Crippen LogP contribution in [0.5, 0.6) is 0 Å². The van der Waals surface area contributed by atoms with Crippen molar-refractivity contribution in [3.8, 4) is 24.2 Å². The molecule has 0 radical (unpaired) electrons. The van der Waals surface area contributed by atoms with Crippen molar-refractivity contribution in [2.24, 2.45) is 0 Å². The molecule has 15 heavy (non-hydrogen) atoms. The summed E-state index contributed by atoms with van der Waals surface area (Å²) in [5, 5.41) is 0. The van der Waals surface area contributed by atoms with Gasteiger partial charge in [-0.05, 0) is 43.4 Å². The molecule has 0 aromatic rings. The van der Waals surface area contributed by atoms with Crippen LogP contribution in [0.4, 0.5) is 0 Å². The van der Waals surface area contributed by atoms with Gasteiger partial charge >= 0.3 is 0 Å². The lowest BCUT2D eigenvalue weighted by molar-refractivity contribution is 0.828. The van der Waals surface area contributed by atoms with Crippen molar-refractivity contribution < 1.29 is 0 Å². The Hall–Kier alpha value is -1.40. The summed E-state index contributed by atoms with van der Waals surface area (Å²) in [6, 6.07) is 0. The van der Waals surface area contributed by atoms with E-state index >= 15 is 0 Å². The molecule has 0 atom stereocenters. The van der Waals surface area contributed by atoms with Gasteiger partial charge in [0.1, 0.15) is 0 Å². The van der Waals surface area contributed by atoms with E-state index in [2.05, 4.69) is 24.7 Å². The Morgan fingerprint density at radius 2 is 2.27 bits per heavy atom. The van der Waals surface area contributed by atoms with Crippen LogP contribution in [-0.2, 0) is 0 Å². The van der Waals surface area contributed by atoms with Gasteiger partial charge < -0.3 is 0 Å². The molecule has 0 heterocycles. The van der Waals surface area contributed by atoms with Gasteiger partial charge in [-0.15, -0.1) is 6.42 Å². The third kappa shape index (κ3) is 4.09. The number of hydrogen-bond acceptors (Lipinski definition) is 0. The fourth-order valence-electron chi connectivity index (χ4n) is 1.68. The highest BCUT2D eigenvalue weighted by atomic mass is 14.1. The zero-order valence-corrected chi connectivity index (χ0v) is 9.47. The lowest BCUT2D eigenvalue weighted by Gasteiger charge is -1.92. The minimum Gasteiger partial charge on any atom is -0.115 e. The molecule has 0 nitrogen and oxygen atoms in total. The maximum Gasteiger partial charge on any atom is 0.00922 e. The van der Waals surface area contributed by atoms with E-state index in [1.165, 1.54) is 30.4 Å². The van der Waals surface area contributed by atoms with Crippen molar-refractivity contribution in [1.82, 2.24) is 0 Å². The molecule has 1 rings (SSSR count). The first-order chi connectivity index (χ1) is 7.38. The third-order valence-electron chi connectivity index (χ3n) is 2.54. The molecule has 0 bridgehead atoms. The van der Waals surface area contributed by atoms with Crippen LogP contribution in [0.1, 0.15) is 45.4 Å². The normalized spacial score (nSPS) is 15.2. The molecule has 0 aromatic carbocycles. The van der Waals surface area contributed by atoms with Gasteiger partial charge in [-0.25, -0.2) is 0 Å². The van der Waals surface area contributed by atoms with Gasteiger partial charge in [0.25, 0.3) is 0 Å². The van der Waals surface area contributed by atoms with Gasteiger partial charge in [0.2, 0.25) is 0 Å². The average Bonchev–Trinajstić information content (AvgIpc) is 2.69. The van der Waals surface area contributed by atoms with E-state index in [1.807, 2.05) is 6.08 Å². The summed E-state index contributed by atoms with van der Waals surface area (Å²) in [5.41, 5.74) is 2.65. The van der Waals surface area contributed by atoms with Gasteiger partial charge in [0, 0.05) is 12.0 Å². The van der Waals surface area contributed by atoms with E-state index in [9.17, 15) is 0 Å². The average molecular weight is 198 g/mol. The van der Waals surface area contributed by atoms with Gasteiger partial charge in [0.05, 0.1) is 0 Å². The molecule has 0 aliphatic heterocycles. The van der Waals surface area contributed by atoms with Crippen LogP contribution in [0.3, 0.4) is 0 Å². The van der Waals surface area contributed by atoms with Crippen molar-refractivity contribution in [3.63, 3.8) is 0 Å². The summed E-state index contributed by atoms with van der Waals surface area (Å²) in [6.45, 7) is 2.19. The summed E-state index contributed by atoms with van der Waals surface area (Å²) in [7, 11) is 0. The number of unbranched alkanes of at least 4 members (excludes halogenated alkanes) is 2. The van der Waals surface area contributed by atoms with E-state index < -0.39 is 0 Å². The second kappa shape index (κ2) is 6.97. The van der Waals surface area contributed by atoms with Crippen molar-refractivity contribution in [2.45, 2.75) is 45.4 Å². The fourth-order valence-corrected chi connectivity index (χ4v) is 1.68.